The summed E-state index contributed by atoms with van der Waals surface area (Å²) < 4.78 is 42.6. The van der Waals surface area contributed by atoms with Gasteiger partial charge in [0.05, 0.1) is 6.61 Å². The minimum absolute atomic E-state index is 0.0655. The first kappa shape index (κ1) is 17.5. The lowest BCUT2D eigenvalue weighted by molar-refractivity contribution is -0.217. The molecule has 0 saturated heterocycles. The second kappa shape index (κ2) is 8.00. The average Bonchev–Trinajstić information content (AvgIpc) is 2.36. The summed E-state index contributed by atoms with van der Waals surface area (Å²) >= 11 is 3.37. The van der Waals surface area contributed by atoms with Crippen LogP contribution in [0.15, 0.2) is 22.7 Å². The lowest BCUT2D eigenvalue weighted by atomic mass is 10.1. The maximum atomic E-state index is 12.3. The number of alkyl halides is 3. The Morgan fingerprint density at radius 1 is 1.35 bits per heavy atom. The summed E-state index contributed by atoms with van der Waals surface area (Å²) in [5, 5.41) is 3.27. The molecular formula is C14H19BrF3NO. The van der Waals surface area contributed by atoms with Crippen LogP contribution in [0.3, 0.4) is 0 Å². The number of halogens is 4. The van der Waals surface area contributed by atoms with Crippen molar-refractivity contribution in [1.29, 1.82) is 0 Å². The van der Waals surface area contributed by atoms with Crippen molar-refractivity contribution in [3.8, 4) is 0 Å². The van der Waals surface area contributed by atoms with E-state index in [-0.39, 0.29) is 6.61 Å². The molecule has 0 bridgehead atoms. The van der Waals surface area contributed by atoms with Gasteiger partial charge in [0.1, 0.15) is 0 Å². The van der Waals surface area contributed by atoms with Crippen LogP contribution < -0.4 is 5.32 Å². The van der Waals surface area contributed by atoms with Crippen LogP contribution in [0.1, 0.15) is 31.4 Å². The van der Waals surface area contributed by atoms with Gasteiger partial charge in [-0.05, 0) is 37.1 Å². The van der Waals surface area contributed by atoms with Crippen molar-refractivity contribution in [3.63, 3.8) is 0 Å². The van der Waals surface area contributed by atoms with Crippen molar-refractivity contribution < 1.29 is 17.9 Å². The number of benzene rings is 1. The van der Waals surface area contributed by atoms with Crippen molar-refractivity contribution in [2.45, 2.75) is 45.7 Å². The SMILES string of the molecule is CCCNCc1ccc(COC(C)C(F)(F)F)c(Br)c1. The van der Waals surface area contributed by atoms with E-state index >= 15 is 0 Å². The molecule has 1 rings (SSSR count). The van der Waals surface area contributed by atoms with Gasteiger partial charge in [0.25, 0.3) is 0 Å². The van der Waals surface area contributed by atoms with Crippen molar-refractivity contribution in [2.24, 2.45) is 0 Å². The highest BCUT2D eigenvalue weighted by molar-refractivity contribution is 9.10. The monoisotopic (exact) mass is 353 g/mol. The molecule has 20 heavy (non-hydrogen) atoms. The lowest BCUT2D eigenvalue weighted by Crippen LogP contribution is -2.28. The first-order valence-corrected chi connectivity index (χ1v) is 7.30. The van der Waals surface area contributed by atoms with Crippen LogP contribution in [-0.4, -0.2) is 18.8 Å². The molecule has 2 nitrogen and oxygen atoms in total. The summed E-state index contributed by atoms with van der Waals surface area (Å²) in [5.41, 5.74) is 1.79. The predicted octanol–water partition coefficient (Wildman–Crippen LogP) is 4.42. The molecule has 1 N–H and O–H groups in total. The molecule has 0 fully saturated rings. The second-order valence-electron chi connectivity index (χ2n) is 4.60. The molecule has 6 heteroatoms. The van der Waals surface area contributed by atoms with Crippen molar-refractivity contribution in [1.82, 2.24) is 5.32 Å². The van der Waals surface area contributed by atoms with E-state index in [2.05, 4.69) is 28.2 Å². The minimum Gasteiger partial charge on any atom is -0.364 e. The van der Waals surface area contributed by atoms with Gasteiger partial charge in [-0.25, -0.2) is 0 Å². The fraction of sp³-hybridized carbons (Fsp3) is 0.571. The van der Waals surface area contributed by atoms with Crippen LogP contribution in [0.2, 0.25) is 0 Å². The van der Waals surface area contributed by atoms with Gasteiger partial charge in [-0.1, -0.05) is 35.0 Å². The topological polar surface area (TPSA) is 21.3 Å². The van der Waals surface area contributed by atoms with Crippen LogP contribution in [0.4, 0.5) is 13.2 Å². The maximum absolute atomic E-state index is 12.3. The van der Waals surface area contributed by atoms with Crippen molar-refractivity contribution in [3.05, 3.63) is 33.8 Å². The molecule has 0 aliphatic carbocycles. The molecule has 0 amide bonds. The zero-order valence-corrected chi connectivity index (χ0v) is 13.1. The summed E-state index contributed by atoms with van der Waals surface area (Å²) in [7, 11) is 0. The van der Waals surface area contributed by atoms with E-state index in [0.717, 1.165) is 36.5 Å². The first-order chi connectivity index (χ1) is 9.34. The van der Waals surface area contributed by atoms with Crippen molar-refractivity contribution >= 4 is 15.9 Å². The average molecular weight is 354 g/mol. The van der Waals surface area contributed by atoms with Crippen LogP contribution in [0, 0.1) is 0 Å². The van der Waals surface area contributed by atoms with E-state index in [4.69, 9.17) is 4.74 Å². The molecule has 0 aliphatic rings. The highest BCUT2D eigenvalue weighted by Crippen LogP contribution is 2.25. The number of ether oxygens (including phenoxy) is 1. The Morgan fingerprint density at radius 2 is 2.05 bits per heavy atom. The standard InChI is InChI=1S/C14H19BrF3NO/c1-3-6-19-8-11-4-5-12(13(15)7-11)9-20-10(2)14(16,17)18/h4-5,7,10,19H,3,6,8-9H2,1-2H3. The molecule has 1 aromatic rings. The highest BCUT2D eigenvalue weighted by atomic mass is 79.9. The number of nitrogens with one attached hydrogen (secondary N) is 1. The smallest absolute Gasteiger partial charge is 0.364 e. The Bertz CT molecular complexity index is 423. The first-order valence-electron chi connectivity index (χ1n) is 6.51. The van der Waals surface area contributed by atoms with E-state index in [1.807, 2.05) is 12.1 Å². The number of hydrogen-bond acceptors (Lipinski definition) is 2. The van der Waals surface area contributed by atoms with Gasteiger partial charge < -0.3 is 10.1 Å². The Hall–Kier alpha value is -0.590. The molecule has 1 unspecified atom stereocenters. The van der Waals surface area contributed by atoms with Crippen LogP contribution in [0.25, 0.3) is 0 Å². The molecule has 114 valence electrons. The Labute approximate surface area is 125 Å². The largest absolute Gasteiger partial charge is 0.414 e. The van der Waals surface area contributed by atoms with Gasteiger partial charge in [-0.2, -0.15) is 13.2 Å². The van der Waals surface area contributed by atoms with E-state index in [1.165, 1.54) is 0 Å². The molecule has 0 heterocycles. The van der Waals surface area contributed by atoms with Gasteiger partial charge in [-0.3, -0.25) is 0 Å². The minimum atomic E-state index is -4.32. The normalized spacial score (nSPS) is 13.5. The number of hydrogen-bond donors (Lipinski definition) is 1. The zero-order chi connectivity index (χ0) is 15.2. The summed E-state index contributed by atoms with van der Waals surface area (Å²) in [6.45, 7) is 4.71. The Morgan fingerprint density at radius 3 is 2.60 bits per heavy atom. The third kappa shape index (κ3) is 5.81. The fourth-order valence-corrected chi connectivity index (χ4v) is 2.08. The van der Waals surface area contributed by atoms with Crippen molar-refractivity contribution in [2.75, 3.05) is 6.54 Å². The molecule has 0 aliphatic heterocycles. The number of rotatable bonds is 7. The zero-order valence-electron chi connectivity index (χ0n) is 11.6. The van der Waals surface area contributed by atoms with Gasteiger partial charge in [-0.15, -0.1) is 0 Å². The third-order valence-electron chi connectivity index (χ3n) is 2.82. The van der Waals surface area contributed by atoms with E-state index in [1.54, 1.807) is 6.07 Å². The van der Waals surface area contributed by atoms with E-state index in [0.29, 0.717) is 5.56 Å². The summed E-state index contributed by atoms with van der Waals surface area (Å²) in [6.07, 6.45) is -5.03. The Kier molecular flexibility index (Phi) is 6.99. The maximum Gasteiger partial charge on any atom is 0.414 e. The molecule has 1 aromatic carbocycles. The molecule has 0 spiro atoms. The molecule has 0 aromatic heterocycles. The molecule has 0 radical (unpaired) electrons. The van der Waals surface area contributed by atoms with Crippen LogP contribution in [0.5, 0.6) is 0 Å². The summed E-state index contributed by atoms with van der Waals surface area (Å²) in [4.78, 5) is 0. The van der Waals surface area contributed by atoms with E-state index < -0.39 is 12.3 Å². The highest BCUT2D eigenvalue weighted by Gasteiger charge is 2.36. The third-order valence-corrected chi connectivity index (χ3v) is 3.56. The predicted molar refractivity (Wildman–Crippen MR) is 76.4 cm³/mol. The van der Waals surface area contributed by atoms with Crippen LogP contribution >= 0.6 is 15.9 Å². The quantitative estimate of drug-likeness (QED) is 0.732. The van der Waals surface area contributed by atoms with E-state index in [9.17, 15) is 13.2 Å². The van der Waals surface area contributed by atoms with Gasteiger partial charge in [0, 0.05) is 11.0 Å². The molecule has 1 atom stereocenters. The summed E-state index contributed by atoms with van der Waals surface area (Å²) in [6, 6.07) is 5.58. The molecular weight excluding hydrogens is 335 g/mol. The van der Waals surface area contributed by atoms with Gasteiger partial charge in [0.15, 0.2) is 6.10 Å². The summed E-state index contributed by atoms with van der Waals surface area (Å²) in [5.74, 6) is 0. The molecule has 0 saturated carbocycles. The second-order valence-corrected chi connectivity index (χ2v) is 5.45. The fourth-order valence-electron chi connectivity index (χ4n) is 1.54. The van der Waals surface area contributed by atoms with Gasteiger partial charge in [0.2, 0.25) is 0 Å². The van der Waals surface area contributed by atoms with Gasteiger partial charge >= 0.3 is 6.18 Å². The lowest BCUT2D eigenvalue weighted by Gasteiger charge is -2.17. The van der Waals surface area contributed by atoms with Crippen LogP contribution in [-0.2, 0) is 17.9 Å². The Balaban J connectivity index is 2.55.